The van der Waals surface area contributed by atoms with E-state index in [-0.39, 0.29) is 5.78 Å². The van der Waals surface area contributed by atoms with Gasteiger partial charge in [-0.15, -0.1) is 0 Å². The van der Waals surface area contributed by atoms with E-state index >= 15 is 0 Å². The van der Waals surface area contributed by atoms with Crippen LogP contribution in [0.2, 0.25) is 0 Å². The zero-order valence-electron chi connectivity index (χ0n) is 16.2. The monoisotopic (exact) mass is 380 g/mol. The van der Waals surface area contributed by atoms with Crippen LogP contribution in [0.4, 0.5) is 0 Å². The van der Waals surface area contributed by atoms with Crippen molar-refractivity contribution in [1.82, 2.24) is 0 Å². The van der Waals surface area contributed by atoms with Gasteiger partial charge in [0.25, 0.3) is 0 Å². The van der Waals surface area contributed by atoms with Crippen molar-refractivity contribution in [1.29, 1.82) is 0 Å². The second-order valence-electron chi connectivity index (χ2n) is 7.61. The van der Waals surface area contributed by atoms with Crippen LogP contribution in [0.5, 0.6) is 11.5 Å². The molecule has 0 radical (unpaired) electrons. The van der Waals surface area contributed by atoms with Crippen LogP contribution in [-0.2, 0) is 16.6 Å². The number of ketones is 1. The third-order valence-corrected chi connectivity index (χ3v) is 6.23. The van der Waals surface area contributed by atoms with E-state index in [4.69, 9.17) is 9.47 Å². The molecular weight excluding hydrogens is 356 g/mol. The summed E-state index contributed by atoms with van der Waals surface area (Å²) >= 11 is 0. The molecule has 0 unspecified atom stereocenters. The Kier molecular flexibility index (Phi) is 4.61. The average molecular weight is 380 g/mol. The predicted molar refractivity (Wildman–Crippen MR) is 105 cm³/mol. The molecule has 0 aliphatic heterocycles. The summed E-state index contributed by atoms with van der Waals surface area (Å²) in [4.78, 5) is 24.5. The average Bonchev–Trinajstić information content (AvgIpc) is 3.34. The van der Waals surface area contributed by atoms with Gasteiger partial charge < -0.3 is 14.6 Å². The van der Waals surface area contributed by atoms with Crippen LogP contribution in [0, 0.1) is 0 Å². The van der Waals surface area contributed by atoms with Crippen molar-refractivity contribution in [3.05, 3.63) is 47.0 Å². The van der Waals surface area contributed by atoms with Gasteiger partial charge in [0.1, 0.15) is 0 Å². The molecule has 146 valence electrons. The molecule has 1 saturated carbocycles. The zero-order valence-corrected chi connectivity index (χ0v) is 16.2. The van der Waals surface area contributed by atoms with Crippen molar-refractivity contribution in [2.75, 3.05) is 14.2 Å². The fraction of sp³-hybridized carbons (Fsp3) is 0.391. The number of aliphatic carboxylic acids is 1. The molecule has 4 rings (SSSR count). The lowest BCUT2D eigenvalue weighted by Crippen LogP contribution is -2.33. The van der Waals surface area contributed by atoms with Crippen molar-refractivity contribution in [3.8, 4) is 22.6 Å². The number of carbonyl (C=O) groups excluding carboxylic acids is 1. The summed E-state index contributed by atoms with van der Waals surface area (Å²) in [7, 11) is 3.11. The SMILES string of the molecule is COc1ccc(-c2ccc3c(c2)CCC3=O)c(C2(C(=O)O)CCCC2)c1OC. The molecular formula is C23H24O5. The fourth-order valence-corrected chi connectivity index (χ4v) is 4.81. The van der Waals surface area contributed by atoms with E-state index in [1.54, 1.807) is 14.2 Å². The fourth-order valence-electron chi connectivity index (χ4n) is 4.81. The number of methoxy groups -OCH3 is 2. The summed E-state index contributed by atoms with van der Waals surface area (Å²) in [6.07, 6.45) is 4.14. The highest BCUT2D eigenvalue weighted by Crippen LogP contribution is 2.52. The minimum absolute atomic E-state index is 0.173. The molecule has 2 aliphatic rings. The number of Topliss-reactive ketones (excluding diaryl/α,β-unsaturated/α-hetero) is 1. The molecule has 1 fully saturated rings. The first-order valence-electron chi connectivity index (χ1n) is 9.67. The second-order valence-corrected chi connectivity index (χ2v) is 7.61. The van der Waals surface area contributed by atoms with Crippen LogP contribution in [0.15, 0.2) is 30.3 Å². The highest BCUT2D eigenvalue weighted by atomic mass is 16.5. The number of rotatable bonds is 5. The molecule has 1 N–H and O–H groups in total. The van der Waals surface area contributed by atoms with Crippen molar-refractivity contribution < 1.29 is 24.2 Å². The minimum Gasteiger partial charge on any atom is -0.493 e. The lowest BCUT2D eigenvalue weighted by Gasteiger charge is -2.30. The third kappa shape index (κ3) is 2.68. The van der Waals surface area contributed by atoms with Gasteiger partial charge in [-0.05, 0) is 42.0 Å². The Morgan fingerprint density at radius 1 is 1.00 bits per heavy atom. The summed E-state index contributed by atoms with van der Waals surface area (Å²) in [5, 5.41) is 10.2. The van der Waals surface area contributed by atoms with E-state index in [0.717, 1.165) is 41.5 Å². The van der Waals surface area contributed by atoms with Crippen molar-refractivity contribution >= 4 is 11.8 Å². The number of hydrogen-bond donors (Lipinski definition) is 1. The summed E-state index contributed by atoms with van der Waals surface area (Å²) in [5.74, 6) is 0.368. The van der Waals surface area contributed by atoms with Gasteiger partial charge in [-0.25, -0.2) is 0 Å². The molecule has 0 heterocycles. The van der Waals surface area contributed by atoms with Gasteiger partial charge in [-0.3, -0.25) is 9.59 Å². The predicted octanol–water partition coefficient (Wildman–Crippen LogP) is 4.40. The Labute approximate surface area is 164 Å². The van der Waals surface area contributed by atoms with Gasteiger partial charge in [-0.1, -0.05) is 37.1 Å². The van der Waals surface area contributed by atoms with Gasteiger partial charge in [0, 0.05) is 17.5 Å². The molecule has 5 heteroatoms. The molecule has 2 aromatic carbocycles. The molecule has 0 saturated heterocycles. The molecule has 0 amide bonds. The smallest absolute Gasteiger partial charge is 0.314 e. The number of carboxylic acid groups (broad SMARTS) is 1. The molecule has 28 heavy (non-hydrogen) atoms. The molecule has 2 aromatic rings. The number of fused-ring (bicyclic) bond motifs is 1. The van der Waals surface area contributed by atoms with Crippen LogP contribution in [0.3, 0.4) is 0 Å². The number of carboxylic acids is 1. The second kappa shape index (κ2) is 6.97. The number of ether oxygens (including phenoxy) is 2. The quantitative estimate of drug-likeness (QED) is 0.832. The Morgan fingerprint density at radius 2 is 1.71 bits per heavy atom. The largest absolute Gasteiger partial charge is 0.493 e. The van der Waals surface area contributed by atoms with Gasteiger partial charge >= 0.3 is 5.97 Å². The number of hydrogen-bond acceptors (Lipinski definition) is 4. The lowest BCUT2D eigenvalue weighted by atomic mass is 9.74. The highest BCUT2D eigenvalue weighted by Gasteiger charge is 2.47. The normalized spacial score (nSPS) is 17.4. The van der Waals surface area contributed by atoms with Crippen molar-refractivity contribution in [2.45, 2.75) is 43.9 Å². The molecule has 0 atom stereocenters. The first-order valence-corrected chi connectivity index (χ1v) is 9.67. The maximum absolute atomic E-state index is 12.5. The van der Waals surface area contributed by atoms with Crippen LogP contribution in [-0.4, -0.2) is 31.1 Å². The standard InChI is InChI=1S/C23H24O5/c1-27-19-10-8-17(15-5-7-16-14(13-15)6-9-18(16)24)20(21(19)28-2)23(22(25)26)11-3-4-12-23/h5,7-8,10,13H,3-4,6,9,11-12H2,1-2H3,(H,25,26). The van der Waals surface area contributed by atoms with Crippen LogP contribution < -0.4 is 9.47 Å². The molecule has 2 aliphatic carbocycles. The van der Waals surface area contributed by atoms with E-state index in [0.29, 0.717) is 36.3 Å². The first-order chi connectivity index (χ1) is 13.5. The maximum Gasteiger partial charge on any atom is 0.314 e. The zero-order chi connectivity index (χ0) is 19.9. The maximum atomic E-state index is 12.5. The Bertz CT molecular complexity index is 954. The summed E-state index contributed by atoms with van der Waals surface area (Å²) in [6.45, 7) is 0. The van der Waals surface area contributed by atoms with E-state index < -0.39 is 11.4 Å². The Hall–Kier alpha value is -2.82. The summed E-state index contributed by atoms with van der Waals surface area (Å²) < 4.78 is 11.2. The number of carbonyl (C=O) groups is 2. The van der Waals surface area contributed by atoms with Crippen LogP contribution in [0.1, 0.15) is 53.6 Å². The molecule has 0 aromatic heterocycles. The number of aryl methyl sites for hydroxylation is 1. The van der Waals surface area contributed by atoms with Crippen molar-refractivity contribution in [3.63, 3.8) is 0 Å². The first kappa shape index (κ1) is 18.5. The van der Waals surface area contributed by atoms with Gasteiger partial charge in [0.05, 0.1) is 19.6 Å². The van der Waals surface area contributed by atoms with E-state index in [2.05, 4.69) is 0 Å². The van der Waals surface area contributed by atoms with Gasteiger partial charge in [-0.2, -0.15) is 0 Å². The lowest BCUT2D eigenvalue weighted by molar-refractivity contribution is -0.143. The molecule has 5 nitrogen and oxygen atoms in total. The van der Waals surface area contributed by atoms with Crippen LogP contribution >= 0.6 is 0 Å². The van der Waals surface area contributed by atoms with Crippen LogP contribution in [0.25, 0.3) is 11.1 Å². The Balaban J connectivity index is 1.98. The number of benzene rings is 2. The highest BCUT2D eigenvalue weighted by molar-refractivity contribution is 6.01. The summed E-state index contributed by atoms with van der Waals surface area (Å²) in [5.41, 5.74) is 3.24. The third-order valence-electron chi connectivity index (χ3n) is 6.23. The minimum atomic E-state index is -0.996. The summed E-state index contributed by atoms with van der Waals surface area (Å²) in [6, 6.07) is 9.54. The molecule has 0 spiro atoms. The van der Waals surface area contributed by atoms with Gasteiger partial charge in [0.15, 0.2) is 17.3 Å². The van der Waals surface area contributed by atoms with Gasteiger partial charge in [0.2, 0.25) is 0 Å². The topological polar surface area (TPSA) is 72.8 Å². The van der Waals surface area contributed by atoms with E-state index in [9.17, 15) is 14.7 Å². The molecule has 0 bridgehead atoms. The Morgan fingerprint density at radius 3 is 2.36 bits per heavy atom. The van der Waals surface area contributed by atoms with E-state index in [1.165, 1.54) is 0 Å². The van der Waals surface area contributed by atoms with E-state index in [1.807, 2.05) is 30.3 Å². The van der Waals surface area contributed by atoms with Crippen molar-refractivity contribution in [2.24, 2.45) is 0 Å².